The largest absolute Gasteiger partial charge is 0.439 e. The maximum absolute atomic E-state index is 15.7. The molecule has 3 N–H and O–H groups in total. The normalized spacial score (nSPS) is 18.9. The van der Waals surface area contributed by atoms with Crippen molar-refractivity contribution >= 4 is 63.2 Å². The van der Waals surface area contributed by atoms with Crippen LogP contribution < -0.4 is 20.9 Å². The third-order valence-electron chi connectivity index (χ3n) is 15.2. The van der Waals surface area contributed by atoms with Crippen molar-refractivity contribution in [2.75, 3.05) is 87.6 Å². The number of piperidine rings is 2. The first-order valence-electron chi connectivity index (χ1n) is 25.4. The zero-order valence-corrected chi connectivity index (χ0v) is 41.7. The van der Waals surface area contributed by atoms with Crippen LogP contribution in [-0.4, -0.2) is 155 Å². The van der Waals surface area contributed by atoms with Crippen LogP contribution in [0, 0.1) is 11.7 Å². The van der Waals surface area contributed by atoms with E-state index >= 15 is 4.39 Å². The number of hydrogen-bond donors (Lipinski definition) is 2. The van der Waals surface area contributed by atoms with E-state index in [1.807, 2.05) is 37.8 Å². The molecule has 0 spiro atoms. The molecule has 4 saturated heterocycles. The van der Waals surface area contributed by atoms with Gasteiger partial charge in [-0.15, -0.1) is 0 Å². The van der Waals surface area contributed by atoms with E-state index < -0.39 is 17.7 Å². The van der Waals surface area contributed by atoms with Gasteiger partial charge in [0, 0.05) is 96.1 Å². The van der Waals surface area contributed by atoms with Crippen LogP contribution in [0.5, 0.6) is 0 Å². The Balaban J connectivity index is 0.619. The maximum atomic E-state index is 15.7. The van der Waals surface area contributed by atoms with E-state index in [9.17, 15) is 19.2 Å². The Labute approximate surface area is 420 Å². The molecule has 9 heterocycles. The van der Waals surface area contributed by atoms with Crippen molar-refractivity contribution in [2.24, 2.45) is 13.0 Å². The molecule has 5 aliphatic rings. The van der Waals surface area contributed by atoms with Crippen molar-refractivity contribution in [3.63, 3.8) is 0 Å². The van der Waals surface area contributed by atoms with Crippen LogP contribution in [0.4, 0.5) is 31.3 Å². The van der Waals surface area contributed by atoms with Gasteiger partial charge in [-0.1, -0.05) is 5.16 Å². The van der Waals surface area contributed by atoms with Gasteiger partial charge in [0.1, 0.15) is 29.4 Å². The van der Waals surface area contributed by atoms with Crippen molar-refractivity contribution in [3.05, 3.63) is 48.0 Å². The summed E-state index contributed by atoms with van der Waals surface area (Å²) in [5, 5.41) is 17.4. The number of likely N-dealkylation sites (tertiary alicyclic amines) is 2. The lowest BCUT2D eigenvalue weighted by atomic mass is 9.91. The second-order valence-electron chi connectivity index (χ2n) is 21.1. The third kappa shape index (κ3) is 9.49. The van der Waals surface area contributed by atoms with Crippen LogP contribution >= 0.6 is 0 Å². The van der Waals surface area contributed by atoms with Gasteiger partial charge in [0.2, 0.25) is 5.91 Å². The molecule has 23 heteroatoms. The summed E-state index contributed by atoms with van der Waals surface area (Å²) in [6.45, 7) is 12.1. The van der Waals surface area contributed by atoms with Crippen LogP contribution in [0.25, 0.3) is 44.7 Å². The second-order valence-corrected chi connectivity index (χ2v) is 21.1. The Kier molecular flexibility index (Phi) is 12.7. The predicted octanol–water partition coefficient (Wildman–Crippen LogP) is 5.39. The highest BCUT2D eigenvalue weighted by atomic mass is 19.1. The lowest BCUT2D eigenvalue weighted by Crippen LogP contribution is -2.49. The lowest BCUT2D eigenvalue weighted by molar-refractivity contribution is -0.136. The molecule has 5 aromatic heterocycles. The minimum absolute atomic E-state index is 0.140. The number of urea groups is 1. The first kappa shape index (κ1) is 48.0. The highest BCUT2D eigenvalue weighted by Gasteiger charge is 2.37. The number of halogens is 1. The highest BCUT2D eigenvalue weighted by Crippen LogP contribution is 2.48. The zero-order chi connectivity index (χ0) is 50.7. The summed E-state index contributed by atoms with van der Waals surface area (Å²) in [5.41, 5.74) is 10.5. The number of rotatable bonds is 11. The molecule has 22 nitrogen and oxygen atoms in total. The number of nitrogens with zero attached hydrogens (tertiary/aromatic N) is 14. The summed E-state index contributed by atoms with van der Waals surface area (Å²) >= 11 is 0. The highest BCUT2D eigenvalue weighted by molar-refractivity contribution is 6.09. The number of carbonyl (C=O) groups excluding carboxylic acids is 4. The second kappa shape index (κ2) is 19.3. The Morgan fingerprint density at radius 2 is 1.59 bits per heavy atom. The molecule has 384 valence electrons. The number of nitrogen functional groups attached to an aromatic ring is 1. The molecule has 11 rings (SSSR count). The van der Waals surface area contributed by atoms with Gasteiger partial charge in [-0.05, 0) is 102 Å². The number of benzene rings is 1. The molecule has 0 unspecified atom stereocenters. The summed E-state index contributed by atoms with van der Waals surface area (Å²) in [7, 11) is 1.76. The molecular weight excluding hydrogens is 940 g/mol. The number of piperazine rings is 1. The lowest BCUT2D eigenvalue weighted by Gasteiger charge is -2.38. The molecular formula is C50H61FN16O6. The molecule has 1 aromatic carbocycles. The first-order valence-corrected chi connectivity index (χ1v) is 25.4. The van der Waals surface area contributed by atoms with Crippen molar-refractivity contribution in [3.8, 4) is 22.8 Å². The van der Waals surface area contributed by atoms with Crippen molar-refractivity contribution in [1.29, 1.82) is 0 Å². The topological polar surface area (TPSA) is 245 Å². The van der Waals surface area contributed by atoms with E-state index in [0.717, 1.165) is 63.1 Å². The number of carbonyl (C=O) groups is 4. The summed E-state index contributed by atoms with van der Waals surface area (Å²) < 4.78 is 30.7. The van der Waals surface area contributed by atoms with E-state index in [1.54, 1.807) is 27.6 Å². The van der Waals surface area contributed by atoms with Crippen molar-refractivity contribution in [2.45, 2.75) is 89.5 Å². The number of fused-ring (bicyclic) bond motifs is 2. The standard InChI is InChI=1S/C50H61FN16O6/c1-50(2,3)67-47-40(44(52)55-28-56-47)41(58-67)42-39(43(73-60-42)31-5-6-31)45-53-25-32(26-54-45)30-10-16-65(17-11-30)49(71)72-27-38(69)64-14-8-29(9-15-64)7-13-62-19-21-63(22-20-62)36-24-35-33(23-34(36)51)46(59-61(35)4)66-18-12-37(68)57-48(66)70/h23-26,28-31H,5-22,27H2,1-4H3,(H2,52,55,56)(H,57,68,70). The summed E-state index contributed by atoms with van der Waals surface area (Å²) in [6, 6.07) is 2.68. The SMILES string of the molecule is Cn1nc(N2CCC(=O)NC2=O)c2cc(F)c(N3CCN(CCC4CCN(C(=O)COC(=O)N5CCC(c6cnc(-c7c(-c8nn(C(C)(C)C)c9ncnc(N)c89)noc7C7CC7)nc6)CC5)CC4)CC3)cc21. The predicted molar refractivity (Wildman–Crippen MR) is 267 cm³/mol. The number of aromatic nitrogens is 9. The quantitative estimate of drug-likeness (QED) is 0.165. The number of anilines is 3. The molecule has 1 aliphatic carbocycles. The minimum Gasteiger partial charge on any atom is -0.439 e. The van der Waals surface area contributed by atoms with Gasteiger partial charge in [-0.3, -0.25) is 29.4 Å². The fourth-order valence-electron chi connectivity index (χ4n) is 10.8. The molecule has 1 saturated carbocycles. The van der Waals surface area contributed by atoms with Crippen LogP contribution in [0.1, 0.15) is 95.3 Å². The first-order chi connectivity index (χ1) is 35.2. The zero-order valence-electron chi connectivity index (χ0n) is 41.7. The number of amides is 5. The number of nitrogens with two attached hydrogens (primary N) is 1. The van der Waals surface area contributed by atoms with Crippen molar-refractivity contribution in [1.82, 2.24) is 64.7 Å². The third-order valence-corrected chi connectivity index (χ3v) is 15.2. The molecule has 0 atom stereocenters. The van der Waals surface area contributed by atoms with Gasteiger partial charge in [0.05, 0.1) is 27.7 Å². The molecule has 6 aromatic rings. The number of nitrogens with one attached hydrogen (secondary N) is 1. The van der Waals surface area contributed by atoms with Gasteiger partial charge < -0.3 is 29.7 Å². The van der Waals surface area contributed by atoms with E-state index in [2.05, 4.69) is 35.3 Å². The Bertz CT molecular complexity index is 3080. The molecule has 4 aliphatic heterocycles. The monoisotopic (exact) mass is 1000 g/mol. The Hall–Kier alpha value is -7.30. The van der Waals surface area contributed by atoms with Crippen LogP contribution in [0.3, 0.4) is 0 Å². The van der Waals surface area contributed by atoms with Gasteiger partial charge in [0.15, 0.2) is 29.7 Å². The molecule has 73 heavy (non-hydrogen) atoms. The van der Waals surface area contributed by atoms with Crippen LogP contribution in [-0.2, 0) is 26.9 Å². The maximum Gasteiger partial charge on any atom is 0.410 e. The fraction of sp³-hybridized carbons (Fsp3) is 0.540. The Morgan fingerprint density at radius 1 is 0.863 bits per heavy atom. The van der Waals surface area contributed by atoms with Gasteiger partial charge in [-0.25, -0.2) is 38.6 Å². The van der Waals surface area contributed by atoms with E-state index in [0.29, 0.717) is 120 Å². The van der Waals surface area contributed by atoms with E-state index in [-0.39, 0.29) is 49.0 Å². The van der Waals surface area contributed by atoms with Crippen molar-refractivity contribution < 1.29 is 32.8 Å². The average molecular weight is 1000 g/mol. The van der Waals surface area contributed by atoms with Gasteiger partial charge >= 0.3 is 12.1 Å². The van der Waals surface area contributed by atoms with Gasteiger partial charge in [-0.2, -0.15) is 10.2 Å². The number of ether oxygens (including phenoxy) is 1. The van der Waals surface area contributed by atoms with E-state index in [1.165, 1.54) is 17.3 Å². The number of imide groups is 1. The van der Waals surface area contributed by atoms with Crippen LogP contribution in [0.15, 0.2) is 35.4 Å². The molecule has 5 amide bonds. The smallest absolute Gasteiger partial charge is 0.410 e. The molecule has 0 bridgehead atoms. The number of aryl methyl sites for hydroxylation is 1. The fourth-order valence-corrected chi connectivity index (χ4v) is 10.8. The minimum atomic E-state index is -0.557. The molecule has 0 radical (unpaired) electrons. The summed E-state index contributed by atoms with van der Waals surface area (Å²) in [6.07, 6.45) is 11.0. The van der Waals surface area contributed by atoms with E-state index in [4.69, 9.17) is 30.1 Å². The van der Waals surface area contributed by atoms with Crippen LogP contribution in [0.2, 0.25) is 0 Å². The number of hydrogen-bond acceptors (Lipinski definition) is 16. The Morgan fingerprint density at radius 3 is 2.29 bits per heavy atom. The summed E-state index contributed by atoms with van der Waals surface area (Å²) in [5.74, 6) is 1.79. The summed E-state index contributed by atoms with van der Waals surface area (Å²) in [4.78, 5) is 78.4. The van der Waals surface area contributed by atoms with Gasteiger partial charge in [0.25, 0.3) is 5.91 Å². The average Bonchev–Trinajstić information content (AvgIpc) is 3.88. The molecule has 5 fully saturated rings.